The molecule has 1 saturated carbocycles. The fourth-order valence-electron chi connectivity index (χ4n) is 3.80. The van der Waals surface area contributed by atoms with E-state index in [1.807, 2.05) is 0 Å². The summed E-state index contributed by atoms with van der Waals surface area (Å²) in [6, 6.07) is 6.67. The van der Waals surface area contributed by atoms with E-state index in [-0.39, 0.29) is 25.0 Å². The second kappa shape index (κ2) is 7.41. The maximum atomic E-state index is 13.2. The Kier molecular flexibility index (Phi) is 5.52. The Hall–Kier alpha value is -1.64. The molecule has 0 spiro atoms. The van der Waals surface area contributed by atoms with E-state index in [4.69, 9.17) is 11.6 Å². The summed E-state index contributed by atoms with van der Waals surface area (Å²) in [4.78, 5) is 27.5. The van der Waals surface area contributed by atoms with Crippen LogP contribution in [0.2, 0.25) is 5.02 Å². The molecular formula is C18H24ClN3O4S. The molecule has 1 N–H and O–H groups in total. The first-order valence-corrected chi connectivity index (χ1v) is 11.2. The van der Waals surface area contributed by atoms with Gasteiger partial charge in [0.25, 0.3) is 0 Å². The minimum atomic E-state index is -3.62. The number of anilines is 1. The summed E-state index contributed by atoms with van der Waals surface area (Å²) in [5, 5.41) is 3.52. The van der Waals surface area contributed by atoms with Gasteiger partial charge in [-0.2, -0.15) is 4.31 Å². The van der Waals surface area contributed by atoms with Gasteiger partial charge in [0.05, 0.1) is 12.8 Å². The van der Waals surface area contributed by atoms with Crippen molar-refractivity contribution in [1.82, 2.24) is 9.62 Å². The number of carbonyl (C=O) groups is 2. The van der Waals surface area contributed by atoms with Crippen LogP contribution in [0.25, 0.3) is 0 Å². The number of amides is 2. The minimum Gasteiger partial charge on any atom is -0.351 e. The molecule has 3 rings (SSSR count). The molecular weight excluding hydrogens is 390 g/mol. The van der Waals surface area contributed by atoms with Crippen molar-refractivity contribution in [2.45, 2.75) is 44.2 Å². The highest BCUT2D eigenvalue weighted by Crippen LogP contribution is 2.32. The number of hydrogen-bond acceptors (Lipinski definition) is 4. The van der Waals surface area contributed by atoms with Gasteiger partial charge < -0.3 is 5.32 Å². The number of nitrogens with one attached hydrogen (secondary N) is 1. The number of carbonyl (C=O) groups excluding carboxylic acids is 2. The fraction of sp³-hybridized carbons (Fsp3) is 0.556. The molecule has 1 atom stereocenters. The van der Waals surface area contributed by atoms with Crippen LogP contribution >= 0.6 is 11.6 Å². The first-order chi connectivity index (χ1) is 12.6. The van der Waals surface area contributed by atoms with Crippen molar-refractivity contribution in [3.8, 4) is 0 Å². The molecule has 2 fully saturated rings. The summed E-state index contributed by atoms with van der Waals surface area (Å²) < 4.78 is 25.2. The van der Waals surface area contributed by atoms with Crippen LogP contribution in [-0.2, 0) is 19.6 Å². The molecule has 1 heterocycles. The highest BCUT2D eigenvalue weighted by molar-refractivity contribution is 7.88. The maximum Gasteiger partial charge on any atom is 0.247 e. The Morgan fingerprint density at radius 3 is 2.37 bits per heavy atom. The lowest BCUT2D eigenvalue weighted by atomic mass is 9.94. The van der Waals surface area contributed by atoms with Crippen LogP contribution in [0.15, 0.2) is 24.3 Å². The number of halogens is 1. The van der Waals surface area contributed by atoms with Crippen LogP contribution < -0.4 is 10.2 Å². The van der Waals surface area contributed by atoms with Gasteiger partial charge in [-0.05, 0) is 44.0 Å². The van der Waals surface area contributed by atoms with Crippen molar-refractivity contribution in [2.24, 2.45) is 0 Å². The van der Waals surface area contributed by atoms with E-state index < -0.39 is 21.5 Å². The number of sulfonamides is 1. The van der Waals surface area contributed by atoms with Crippen molar-refractivity contribution in [2.75, 3.05) is 24.2 Å². The topological polar surface area (TPSA) is 86.8 Å². The zero-order valence-corrected chi connectivity index (χ0v) is 17.0. The summed E-state index contributed by atoms with van der Waals surface area (Å²) in [7, 11) is -3.62. The van der Waals surface area contributed by atoms with Crippen molar-refractivity contribution in [1.29, 1.82) is 0 Å². The van der Waals surface area contributed by atoms with Crippen LogP contribution in [0.3, 0.4) is 0 Å². The van der Waals surface area contributed by atoms with E-state index in [0.717, 1.165) is 36.2 Å². The van der Waals surface area contributed by atoms with Gasteiger partial charge in [-0.1, -0.05) is 24.4 Å². The molecule has 1 aliphatic heterocycles. The number of hydrogen-bond donors (Lipinski definition) is 1. The maximum absolute atomic E-state index is 13.2. The first kappa shape index (κ1) is 20.1. The standard InChI is InChI=1S/C18H24ClN3O4S/c1-18(17(24)20-14-5-3-4-6-14)12-21(27(2,25)26)11-16(23)22(18)15-9-7-13(19)8-10-15/h7-10,14H,3-6,11-12H2,1-2H3,(H,20,24)/t18-/m0/s1. The molecule has 2 amide bonds. The van der Waals surface area contributed by atoms with E-state index in [1.165, 1.54) is 4.90 Å². The molecule has 27 heavy (non-hydrogen) atoms. The monoisotopic (exact) mass is 413 g/mol. The molecule has 7 nitrogen and oxygen atoms in total. The van der Waals surface area contributed by atoms with Crippen LogP contribution in [0.5, 0.6) is 0 Å². The van der Waals surface area contributed by atoms with Crippen LogP contribution in [0.4, 0.5) is 5.69 Å². The molecule has 0 aromatic heterocycles. The highest BCUT2D eigenvalue weighted by Gasteiger charge is 2.50. The van der Waals surface area contributed by atoms with Gasteiger partial charge >= 0.3 is 0 Å². The lowest BCUT2D eigenvalue weighted by Crippen LogP contribution is -2.70. The minimum absolute atomic E-state index is 0.0603. The number of piperazine rings is 1. The highest BCUT2D eigenvalue weighted by atomic mass is 35.5. The van der Waals surface area contributed by atoms with E-state index in [9.17, 15) is 18.0 Å². The lowest BCUT2D eigenvalue weighted by Gasteiger charge is -2.46. The summed E-state index contributed by atoms with van der Waals surface area (Å²) in [6.07, 6.45) is 4.94. The van der Waals surface area contributed by atoms with E-state index in [2.05, 4.69) is 5.32 Å². The third kappa shape index (κ3) is 4.12. The number of rotatable bonds is 4. The molecule has 1 aliphatic carbocycles. The summed E-state index contributed by atoms with van der Waals surface area (Å²) in [6.45, 7) is 1.22. The molecule has 1 aromatic rings. The molecule has 1 aromatic carbocycles. The van der Waals surface area contributed by atoms with E-state index >= 15 is 0 Å². The van der Waals surface area contributed by atoms with Gasteiger partial charge in [-0.15, -0.1) is 0 Å². The van der Waals surface area contributed by atoms with Gasteiger partial charge in [-0.3, -0.25) is 14.5 Å². The number of nitrogens with zero attached hydrogens (tertiary/aromatic N) is 2. The van der Waals surface area contributed by atoms with Crippen molar-refractivity contribution < 1.29 is 18.0 Å². The average Bonchev–Trinajstić information content (AvgIpc) is 3.08. The molecule has 9 heteroatoms. The van der Waals surface area contributed by atoms with Gasteiger partial charge in [0.1, 0.15) is 5.54 Å². The van der Waals surface area contributed by atoms with Crippen LogP contribution in [-0.4, -0.2) is 55.5 Å². The third-order valence-electron chi connectivity index (χ3n) is 5.27. The van der Waals surface area contributed by atoms with Gasteiger partial charge in [0.15, 0.2) is 0 Å². The Morgan fingerprint density at radius 1 is 1.22 bits per heavy atom. The molecule has 148 valence electrons. The van der Waals surface area contributed by atoms with Crippen molar-refractivity contribution >= 4 is 39.1 Å². The summed E-state index contributed by atoms with van der Waals surface area (Å²) in [5.74, 6) is -0.788. The molecule has 1 saturated heterocycles. The van der Waals surface area contributed by atoms with E-state index in [1.54, 1.807) is 31.2 Å². The van der Waals surface area contributed by atoms with Crippen molar-refractivity contribution in [3.63, 3.8) is 0 Å². The van der Waals surface area contributed by atoms with E-state index in [0.29, 0.717) is 10.7 Å². The zero-order valence-electron chi connectivity index (χ0n) is 15.4. The quantitative estimate of drug-likeness (QED) is 0.814. The lowest BCUT2D eigenvalue weighted by molar-refractivity contribution is -0.133. The van der Waals surface area contributed by atoms with Crippen LogP contribution in [0, 0.1) is 0 Å². The first-order valence-electron chi connectivity index (χ1n) is 8.96. The third-order valence-corrected chi connectivity index (χ3v) is 6.72. The Labute approximate surface area is 164 Å². The average molecular weight is 414 g/mol. The SMILES string of the molecule is C[C@@]1(C(=O)NC2CCCC2)CN(S(C)(=O)=O)CC(=O)N1c1ccc(Cl)cc1. The zero-order chi connectivity index (χ0) is 19.8. The second-order valence-electron chi connectivity index (χ2n) is 7.47. The van der Waals surface area contributed by atoms with Crippen molar-refractivity contribution in [3.05, 3.63) is 29.3 Å². The molecule has 2 aliphatic rings. The van der Waals surface area contributed by atoms with Gasteiger partial charge in [0.2, 0.25) is 21.8 Å². The predicted octanol–water partition coefficient (Wildman–Crippen LogP) is 1.77. The summed E-state index contributed by atoms with van der Waals surface area (Å²) >= 11 is 5.95. The Bertz CT molecular complexity index is 837. The smallest absolute Gasteiger partial charge is 0.247 e. The second-order valence-corrected chi connectivity index (χ2v) is 9.88. The van der Waals surface area contributed by atoms with Crippen LogP contribution in [0.1, 0.15) is 32.6 Å². The number of benzene rings is 1. The molecule has 0 radical (unpaired) electrons. The Balaban J connectivity index is 1.98. The fourth-order valence-corrected chi connectivity index (χ4v) is 4.76. The normalized spacial score (nSPS) is 25.0. The van der Waals surface area contributed by atoms with Gasteiger partial charge in [-0.25, -0.2) is 8.42 Å². The largest absolute Gasteiger partial charge is 0.351 e. The summed E-state index contributed by atoms with van der Waals surface area (Å²) in [5.41, 5.74) is -0.837. The molecule has 0 unspecified atom stereocenters. The Morgan fingerprint density at radius 2 is 1.81 bits per heavy atom. The van der Waals surface area contributed by atoms with Gasteiger partial charge in [0, 0.05) is 23.3 Å². The predicted molar refractivity (Wildman–Crippen MR) is 104 cm³/mol. The molecule has 0 bridgehead atoms.